The van der Waals surface area contributed by atoms with Crippen molar-refractivity contribution in [2.75, 3.05) is 0 Å². The zero-order valence-electron chi connectivity index (χ0n) is 10.6. The molecule has 0 radical (unpaired) electrons. The number of rotatable bonds is 3. The third-order valence-corrected chi connectivity index (χ3v) is 2.83. The standard InChI is InChI=1S/C15H15N3S/c1-11(17-18-15(16)19)13-9-5-6-10-14(13)12-7-3-2-4-8-12/h2-10H,1H3,(H3,16,18,19)/b17-11+. The largest absolute Gasteiger partial charge is 0.375 e. The lowest BCUT2D eigenvalue weighted by Crippen LogP contribution is -2.25. The summed E-state index contributed by atoms with van der Waals surface area (Å²) in [5, 5.41) is 4.34. The first-order valence-corrected chi connectivity index (χ1v) is 6.34. The zero-order valence-corrected chi connectivity index (χ0v) is 11.4. The maximum absolute atomic E-state index is 5.38. The highest BCUT2D eigenvalue weighted by Gasteiger charge is 2.06. The van der Waals surface area contributed by atoms with E-state index in [1.54, 1.807) is 0 Å². The van der Waals surface area contributed by atoms with Crippen LogP contribution in [-0.2, 0) is 0 Å². The number of nitrogens with zero attached hydrogens (tertiary/aromatic N) is 1. The number of thiocarbonyl (C=S) groups is 1. The molecule has 0 aromatic heterocycles. The van der Waals surface area contributed by atoms with Gasteiger partial charge in [0.2, 0.25) is 0 Å². The van der Waals surface area contributed by atoms with Crippen LogP contribution in [0.15, 0.2) is 59.7 Å². The Morgan fingerprint density at radius 1 is 1.05 bits per heavy atom. The van der Waals surface area contributed by atoms with Gasteiger partial charge in [-0.05, 0) is 30.3 Å². The third kappa shape index (κ3) is 3.39. The highest BCUT2D eigenvalue weighted by Crippen LogP contribution is 2.23. The van der Waals surface area contributed by atoms with Crippen molar-refractivity contribution in [1.82, 2.24) is 5.43 Å². The molecule has 3 N–H and O–H groups in total. The van der Waals surface area contributed by atoms with Crippen molar-refractivity contribution in [2.24, 2.45) is 10.8 Å². The van der Waals surface area contributed by atoms with Crippen LogP contribution in [0.25, 0.3) is 11.1 Å². The molecular weight excluding hydrogens is 254 g/mol. The van der Waals surface area contributed by atoms with E-state index in [1.807, 2.05) is 43.3 Å². The first-order valence-electron chi connectivity index (χ1n) is 5.93. The van der Waals surface area contributed by atoms with Gasteiger partial charge in [0, 0.05) is 5.56 Å². The minimum absolute atomic E-state index is 0.163. The Labute approximate surface area is 118 Å². The highest BCUT2D eigenvalue weighted by molar-refractivity contribution is 7.80. The molecule has 0 spiro atoms. The normalized spacial score (nSPS) is 11.1. The number of nitrogens with one attached hydrogen (secondary N) is 1. The van der Waals surface area contributed by atoms with Gasteiger partial charge in [0.15, 0.2) is 5.11 Å². The van der Waals surface area contributed by atoms with Gasteiger partial charge in [-0.15, -0.1) is 0 Å². The summed E-state index contributed by atoms with van der Waals surface area (Å²) < 4.78 is 0. The summed E-state index contributed by atoms with van der Waals surface area (Å²) in [5.41, 5.74) is 12.2. The molecule has 0 bridgehead atoms. The minimum Gasteiger partial charge on any atom is -0.375 e. The number of hydrogen-bond donors (Lipinski definition) is 2. The summed E-state index contributed by atoms with van der Waals surface area (Å²) in [5.74, 6) is 0. The van der Waals surface area contributed by atoms with Crippen molar-refractivity contribution in [1.29, 1.82) is 0 Å². The molecule has 19 heavy (non-hydrogen) atoms. The van der Waals surface area contributed by atoms with Crippen molar-refractivity contribution >= 4 is 23.0 Å². The fourth-order valence-electron chi connectivity index (χ4n) is 1.87. The highest BCUT2D eigenvalue weighted by atomic mass is 32.1. The quantitative estimate of drug-likeness (QED) is 0.512. The average Bonchev–Trinajstić information content (AvgIpc) is 2.45. The van der Waals surface area contributed by atoms with Crippen molar-refractivity contribution in [3.8, 4) is 11.1 Å². The molecule has 0 heterocycles. The van der Waals surface area contributed by atoms with Crippen LogP contribution in [0.5, 0.6) is 0 Å². The van der Waals surface area contributed by atoms with Gasteiger partial charge in [-0.3, -0.25) is 5.43 Å². The molecule has 96 valence electrons. The van der Waals surface area contributed by atoms with E-state index in [1.165, 1.54) is 0 Å². The van der Waals surface area contributed by atoms with E-state index >= 15 is 0 Å². The van der Waals surface area contributed by atoms with Gasteiger partial charge in [-0.2, -0.15) is 5.10 Å². The van der Waals surface area contributed by atoms with Crippen molar-refractivity contribution in [2.45, 2.75) is 6.92 Å². The van der Waals surface area contributed by atoms with Gasteiger partial charge in [0.05, 0.1) is 5.71 Å². The molecule has 4 heteroatoms. The lowest BCUT2D eigenvalue weighted by Gasteiger charge is -2.09. The fraction of sp³-hybridized carbons (Fsp3) is 0.0667. The zero-order chi connectivity index (χ0) is 13.7. The summed E-state index contributed by atoms with van der Waals surface area (Å²) >= 11 is 4.75. The predicted molar refractivity (Wildman–Crippen MR) is 84.0 cm³/mol. The predicted octanol–water partition coefficient (Wildman–Crippen LogP) is 2.91. The Kier molecular flexibility index (Phi) is 4.26. The summed E-state index contributed by atoms with van der Waals surface area (Å²) in [4.78, 5) is 0. The summed E-state index contributed by atoms with van der Waals surface area (Å²) in [6.45, 7) is 1.92. The molecule has 0 amide bonds. The van der Waals surface area contributed by atoms with Gasteiger partial charge in [-0.1, -0.05) is 54.6 Å². The lowest BCUT2D eigenvalue weighted by molar-refractivity contribution is 1.03. The number of hydrazone groups is 1. The molecule has 0 saturated heterocycles. The Hall–Kier alpha value is -2.20. The van der Waals surface area contributed by atoms with E-state index in [0.717, 1.165) is 22.4 Å². The maximum atomic E-state index is 5.38. The van der Waals surface area contributed by atoms with E-state index in [9.17, 15) is 0 Å². The monoisotopic (exact) mass is 269 g/mol. The van der Waals surface area contributed by atoms with E-state index in [2.05, 4.69) is 28.7 Å². The molecule has 0 aliphatic heterocycles. The van der Waals surface area contributed by atoms with Gasteiger partial charge in [0.1, 0.15) is 0 Å². The van der Waals surface area contributed by atoms with E-state index in [0.29, 0.717) is 0 Å². The maximum Gasteiger partial charge on any atom is 0.184 e. The van der Waals surface area contributed by atoms with Crippen molar-refractivity contribution < 1.29 is 0 Å². The Morgan fingerprint density at radius 2 is 1.68 bits per heavy atom. The number of nitrogens with two attached hydrogens (primary N) is 1. The van der Waals surface area contributed by atoms with Gasteiger partial charge in [-0.25, -0.2) is 0 Å². The van der Waals surface area contributed by atoms with Gasteiger partial charge in [0.25, 0.3) is 0 Å². The summed E-state index contributed by atoms with van der Waals surface area (Å²) in [6, 6.07) is 18.3. The molecule has 2 aromatic rings. The number of benzene rings is 2. The molecule has 0 unspecified atom stereocenters. The molecule has 0 saturated carbocycles. The van der Waals surface area contributed by atoms with Crippen LogP contribution in [0.1, 0.15) is 12.5 Å². The van der Waals surface area contributed by atoms with Gasteiger partial charge < -0.3 is 5.73 Å². The van der Waals surface area contributed by atoms with Crippen LogP contribution in [0.2, 0.25) is 0 Å². The molecule has 0 atom stereocenters. The molecule has 0 fully saturated rings. The Morgan fingerprint density at radius 3 is 2.37 bits per heavy atom. The van der Waals surface area contributed by atoms with Crippen LogP contribution in [-0.4, -0.2) is 10.8 Å². The summed E-state index contributed by atoms with van der Waals surface area (Å²) in [6.07, 6.45) is 0. The molecule has 3 nitrogen and oxygen atoms in total. The molecule has 0 aliphatic rings. The van der Waals surface area contributed by atoms with Crippen molar-refractivity contribution in [3.63, 3.8) is 0 Å². The first kappa shape index (κ1) is 13.2. The number of hydrogen-bond acceptors (Lipinski definition) is 2. The molecule has 2 aromatic carbocycles. The van der Waals surface area contributed by atoms with E-state index in [4.69, 9.17) is 18.0 Å². The van der Waals surface area contributed by atoms with E-state index in [-0.39, 0.29) is 5.11 Å². The first-order chi connectivity index (χ1) is 9.18. The summed E-state index contributed by atoms with van der Waals surface area (Å²) in [7, 11) is 0. The fourth-order valence-corrected chi connectivity index (χ4v) is 1.91. The van der Waals surface area contributed by atoms with Crippen LogP contribution in [0, 0.1) is 0 Å². The second-order valence-electron chi connectivity index (χ2n) is 4.08. The topological polar surface area (TPSA) is 50.4 Å². The smallest absolute Gasteiger partial charge is 0.184 e. The van der Waals surface area contributed by atoms with E-state index < -0.39 is 0 Å². The van der Waals surface area contributed by atoms with Crippen LogP contribution in [0.4, 0.5) is 0 Å². The minimum atomic E-state index is 0.163. The third-order valence-electron chi connectivity index (χ3n) is 2.74. The van der Waals surface area contributed by atoms with Crippen molar-refractivity contribution in [3.05, 3.63) is 60.2 Å². The van der Waals surface area contributed by atoms with Gasteiger partial charge >= 0.3 is 0 Å². The Bertz CT molecular complexity index is 606. The molecular formula is C15H15N3S. The molecule has 0 aliphatic carbocycles. The SMILES string of the molecule is C/C(=N\NC(N)=S)c1ccccc1-c1ccccc1. The van der Waals surface area contributed by atoms with Crippen LogP contribution in [0.3, 0.4) is 0 Å². The Balaban J connectivity index is 2.42. The molecule has 2 rings (SSSR count). The second-order valence-corrected chi connectivity index (χ2v) is 4.52. The average molecular weight is 269 g/mol. The van der Waals surface area contributed by atoms with Crippen LogP contribution < -0.4 is 11.2 Å². The second kappa shape index (κ2) is 6.11. The lowest BCUT2D eigenvalue weighted by atomic mass is 9.97. The van der Waals surface area contributed by atoms with Crippen LogP contribution >= 0.6 is 12.2 Å².